The van der Waals surface area contributed by atoms with E-state index in [-0.39, 0.29) is 17.2 Å². The Labute approximate surface area is 114 Å². The van der Waals surface area contributed by atoms with Crippen molar-refractivity contribution in [1.29, 1.82) is 0 Å². The smallest absolute Gasteiger partial charge is 0.252 e. The number of carbonyl (C=O) groups is 2. The molecule has 4 fully saturated rings. The molecule has 104 valence electrons. The predicted molar refractivity (Wildman–Crippen MR) is 73.2 cm³/mol. The Balaban J connectivity index is 1.64. The average Bonchev–Trinajstić information content (AvgIpc) is 2.25. The molecule has 0 aromatic rings. The van der Waals surface area contributed by atoms with Gasteiger partial charge in [0.25, 0.3) is 5.91 Å². The molecule has 0 aromatic heterocycles. The molecular formula is C16H23NO2. The lowest BCUT2D eigenvalue weighted by Gasteiger charge is -2.56. The van der Waals surface area contributed by atoms with Crippen molar-refractivity contribution in [3.05, 3.63) is 12.2 Å². The molecule has 0 saturated heterocycles. The summed E-state index contributed by atoms with van der Waals surface area (Å²) >= 11 is 0. The molecule has 4 rings (SSSR count). The SMILES string of the molecule is C=C(C)C(=O)NC(=O)CC12CC3CC(CC(C3)C1)C2. The standard InChI is InChI=1S/C16H23NO2/c1-10(2)15(19)17-14(18)9-16-6-11-3-12(7-16)5-13(4-11)8-16/h11-13H,1,3-9H2,2H3,(H,17,18,19). The molecule has 0 spiro atoms. The largest absolute Gasteiger partial charge is 0.293 e. The second-order valence-electron chi connectivity index (χ2n) is 7.25. The molecule has 0 radical (unpaired) electrons. The lowest BCUT2D eigenvalue weighted by molar-refractivity contribution is -0.134. The van der Waals surface area contributed by atoms with Crippen molar-refractivity contribution >= 4 is 11.8 Å². The lowest BCUT2D eigenvalue weighted by atomic mass is 9.49. The van der Waals surface area contributed by atoms with Crippen molar-refractivity contribution < 1.29 is 9.59 Å². The Bertz CT molecular complexity index is 403. The summed E-state index contributed by atoms with van der Waals surface area (Å²) in [5.74, 6) is 2.10. The van der Waals surface area contributed by atoms with Crippen LogP contribution in [0, 0.1) is 23.2 Å². The Hall–Kier alpha value is -1.12. The second kappa shape index (κ2) is 4.46. The Morgan fingerprint density at radius 2 is 1.58 bits per heavy atom. The molecule has 2 amide bonds. The van der Waals surface area contributed by atoms with E-state index in [0.29, 0.717) is 12.0 Å². The highest BCUT2D eigenvalue weighted by molar-refractivity contribution is 6.03. The lowest BCUT2D eigenvalue weighted by Crippen LogP contribution is -2.48. The van der Waals surface area contributed by atoms with Gasteiger partial charge in [0.1, 0.15) is 0 Å². The van der Waals surface area contributed by atoms with Crippen molar-refractivity contribution in [2.45, 2.75) is 51.9 Å². The van der Waals surface area contributed by atoms with Gasteiger partial charge in [0.15, 0.2) is 0 Å². The predicted octanol–water partition coefficient (Wildman–Crippen LogP) is 2.81. The van der Waals surface area contributed by atoms with E-state index in [1.54, 1.807) is 6.92 Å². The summed E-state index contributed by atoms with van der Waals surface area (Å²) in [6, 6.07) is 0. The summed E-state index contributed by atoms with van der Waals surface area (Å²) in [5, 5.41) is 2.48. The van der Waals surface area contributed by atoms with Crippen molar-refractivity contribution in [3.8, 4) is 0 Å². The number of imide groups is 1. The molecular weight excluding hydrogens is 238 g/mol. The van der Waals surface area contributed by atoms with Gasteiger partial charge in [0.05, 0.1) is 0 Å². The minimum atomic E-state index is -0.324. The van der Waals surface area contributed by atoms with Crippen LogP contribution >= 0.6 is 0 Å². The fourth-order valence-electron chi connectivity index (χ4n) is 5.12. The highest BCUT2D eigenvalue weighted by atomic mass is 16.2. The number of rotatable bonds is 3. The molecule has 4 aliphatic rings. The number of hydrogen-bond acceptors (Lipinski definition) is 2. The molecule has 1 N–H and O–H groups in total. The minimum absolute atomic E-state index is 0.102. The molecule has 0 heterocycles. The van der Waals surface area contributed by atoms with Crippen LogP contribution in [-0.4, -0.2) is 11.8 Å². The highest BCUT2D eigenvalue weighted by Gasteiger charge is 2.51. The Kier molecular flexibility index (Phi) is 3.03. The molecule has 4 saturated carbocycles. The van der Waals surface area contributed by atoms with E-state index >= 15 is 0 Å². The van der Waals surface area contributed by atoms with E-state index in [2.05, 4.69) is 11.9 Å². The number of hydrogen-bond donors (Lipinski definition) is 1. The molecule has 0 aromatic carbocycles. The van der Waals surface area contributed by atoms with Gasteiger partial charge in [-0.2, -0.15) is 0 Å². The van der Waals surface area contributed by atoms with Crippen LogP contribution in [0.1, 0.15) is 51.9 Å². The Morgan fingerprint density at radius 1 is 1.11 bits per heavy atom. The minimum Gasteiger partial charge on any atom is -0.293 e. The first kappa shape index (κ1) is 12.9. The third-order valence-corrected chi connectivity index (χ3v) is 5.34. The maximum atomic E-state index is 12.1. The number of amides is 2. The van der Waals surface area contributed by atoms with Crippen LogP contribution in [0.5, 0.6) is 0 Å². The summed E-state index contributed by atoms with van der Waals surface area (Å²) < 4.78 is 0. The zero-order chi connectivity index (χ0) is 13.6. The number of carbonyl (C=O) groups excluding carboxylic acids is 2. The number of nitrogens with one attached hydrogen (secondary N) is 1. The van der Waals surface area contributed by atoms with Crippen LogP contribution in [0.2, 0.25) is 0 Å². The normalized spacial score (nSPS) is 39.1. The van der Waals surface area contributed by atoms with E-state index in [1.807, 2.05) is 0 Å². The van der Waals surface area contributed by atoms with E-state index in [1.165, 1.54) is 38.5 Å². The van der Waals surface area contributed by atoms with Crippen molar-refractivity contribution in [3.63, 3.8) is 0 Å². The van der Waals surface area contributed by atoms with Gasteiger partial charge in [-0.15, -0.1) is 0 Å². The maximum Gasteiger partial charge on any atom is 0.252 e. The topological polar surface area (TPSA) is 46.2 Å². The second-order valence-corrected chi connectivity index (χ2v) is 7.25. The molecule has 3 nitrogen and oxygen atoms in total. The summed E-state index contributed by atoms with van der Waals surface area (Å²) in [5.41, 5.74) is 0.604. The average molecular weight is 261 g/mol. The monoisotopic (exact) mass is 261 g/mol. The highest BCUT2D eigenvalue weighted by Crippen LogP contribution is 2.61. The first-order valence-corrected chi connectivity index (χ1v) is 7.45. The van der Waals surface area contributed by atoms with Gasteiger partial charge in [0.2, 0.25) is 5.91 Å². The molecule has 4 aliphatic carbocycles. The third kappa shape index (κ3) is 2.47. The van der Waals surface area contributed by atoms with Crippen molar-refractivity contribution in [1.82, 2.24) is 5.32 Å². The van der Waals surface area contributed by atoms with Gasteiger partial charge in [-0.1, -0.05) is 6.58 Å². The summed E-state index contributed by atoms with van der Waals surface area (Å²) in [6.07, 6.45) is 8.28. The van der Waals surface area contributed by atoms with E-state index < -0.39 is 0 Å². The summed E-state index contributed by atoms with van der Waals surface area (Å²) in [7, 11) is 0. The quantitative estimate of drug-likeness (QED) is 0.794. The van der Waals surface area contributed by atoms with Gasteiger partial charge in [0, 0.05) is 12.0 Å². The van der Waals surface area contributed by atoms with Crippen LogP contribution in [0.15, 0.2) is 12.2 Å². The van der Waals surface area contributed by atoms with E-state index in [9.17, 15) is 9.59 Å². The van der Waals surface area contributed by atoms with Crippen LogP contribution < -0.4 is 5.32 Å². The fourth-order valence-corrected chi connectivity index (χ4v) is 5.12. The van der Waals surface area contributed by atoms with E-state index in [0.717, 1.165) is 17.8 Å². The molecule has 0 unspecified atom stereocenters. The first-order valence-electron chi connectivity index (χ1n) is 7.45. The molecule has 0 aliphatic heterocycles. The van der Waals surface area contributed by atoms with Crippen LogP contribution in [0.3, 0.4) is 0 Å². The third-order valence-electron chi connectivity index (χ3n) is 5.34. The van der Waals surface area contributed by atoms with E-state index in [4.69, 9.17) is 0 Å². The first-order chi connectivity index (χ1) is 8.96. The zero-order valence-electron chi connectivity index (χ0n) is 11.7. The zero-order valence-corrected chi connectivity index (χ0v) is 11.7. The van der Waals surface area contributed by atoms with Crippen LogP contribution in [0.4, 0.5) is 0 Å². The molecule has 0 atom stereocenters. The summed E-state index contributed by atoms with van der Waals surface area (Å²) in [6.45, 7) is 5.20. The van der Waals surface area contributed by atoms with Crippen molar-refractivity contribution in [2.24, 2.45) is 23.2 Å². The molecule has 19 heavy (non-hydrogen) atoms. The van der Waals surface area contributed by atoms with Crippen molar-refractivity contribution in [2.75, 3.05) is 0 Å². The summed E-state index contributed by atoms with van der Waals surface area (Å²) in [4.78, 5) is 23.6. The Morgan fingerprint density at radius 3 is 2.00 bits per heavy atom. The fraction of sp³-hybridized carbons (Fsp3) is 0.750. The molecule has 4 bridgehead atoms. The molecule has 3 heteroatoms. The van der Waals surface area contributed by atoms with Gasteiger partial charge in [-0.3, -0.25) is 14.9 Å². The van der Waals surface area contributed by atoms with Crippen LogP contribution in [-0.2, 0) is 9.59 Å². The van der Waals surface area contributed by atoms with Gasteiger partial charge >= 0.3 is 0 Å². The van der Waals surface area contributed by atoms with Gasteiger partial charge in [-0.05, 0) is 68.6 Å². The maximum absolute atomic E-state index is 12.1. The van der Waals surface area contributed by atoms with Gasteiger partial charge in [-0.25, -0.2) is 0 Å². The van der Waals surface area contributed by atoms with Gasteiger partial charge < -0.3 is 0 Å². The van der Waals surface area contributed by atoms with Crippen LogP contribution in [0.25, 0.3) is 0 Å².